The average molecular weight is 357 g/mol. The molecular formula is C18H23N5O3. The van der Waals surface area contributed by atoms with Gasteiger partial charge in [0.1, 0.15) is 24.2 Å². The maximum Gasteiger partial charge on any atom is 0.278 e. The third kappa shape index (κ3) is 3.68. The Labute approximate surface area is 151 Å². The normalized spacial score (nSPS) is 12.3. The fourth-order valence-corrected chi connectivity index (χ4v) is 2.87. The summed E-state index contributed by atoms with van der Waals surface area (Å²) in [5.74, 6) is 1.19. The maximum atomic E-state index is 12.6. The average Bonchev–Trinajstić information content (AvgIpc) is 3.21. The summed E-state index contributed by atoms with van der Waals surface area (Å²) in [6.45, 7) is 6.39. The van der Waals surface area contributed by atoms with Crippen LogP contribution in [0.3, 0.4) is 0 Å². The Kier molecular flexibility index (Phi) is 5.50. The number of hydrogen-bond acceptors (Lipinski definition) is 6. The lowest BCUT2D eigenvalue weighted by Crippen LogP contribution is -2.34. The number of aryl methyl sites for hydroxylation is 2. The van der Waals surface area contributed by atoms with Crippen molar-refractivity contribution in [2.75, 3.05) is 13.2 Å². The van der Waals surface area contributed by atoms with Gasteiger partial charge in [-0.3, -0.25) is 4.79 Å². The quantitative estimate of drug-likeness (QED) is 0.622. The molecule has 3 aromatic rings. The van der Waals surface area contributed by atoms with Gasteiger partial charge in [0.2, 0.25) is 5.91 Å². The molecule has 0 fully saturated rings. The minimum Gasteiger partial charge on any atom is -0.472 e. The van der Waals surface area contributed by atoms with Crippen LogP contribution in [0, 0.1) is 6.92 Å². The first kappa shape index (κ1) is 17.9. The van der Waals surface area contributed by atoms with Crippen LogP contribution >= 0.6 is 0 Å². The summed E-state index contributed by atoms with van der Waals surface area (Å²) < 4.78 is 12.0. The first-order chi connectivity index (χ1) is 12.6. The molecule has 1 atom stereocenters. The van der Waals surface area contributed by atoms with Crippen molar-refractivity contribution in [1.29, 1.82) is 0 Å². The van der Waals surface area contributed by atoms with Crippen LogP contribution < -0.4 is 10.1 Å². The summed E-state index contributed by atoms with van der Waals surface area (Å²) in [5, 5.41) is 10.2. The summed E-state index contributed by atoms with van der Waals surface area (Å²) in [5.41, 5.74) is 2.46. The zero-order chi connectivity index (χ0) is 18.5. The van der Waals surface area contributed by atoms with Crippen molar-refractivity contribution in [3.63, 3.8) is 0 Å². The van der Waals surface area contributed by atoms with Crippen molar-refractivity contribution in [3.05, 3.63) is 35.8 Å². The van der Waals surface area contributed by atoms with Crippen LogP contribution in [0.5, 0.6) is 5.88 Å². The predicted octanol–water partition coefficient (Wildman–Crippen LogP) is 2.44. The first-order valence-electron chi connectivity index (χ1n) is 8.77. The number of carbonyl (C=O) groups excluding carboxylic acids is 1. The Morgan fingerprint density at radius 2 is 2.15 bits per heavy atom. The second-order valence-electron chi connectivity index (χ2n) is 6.11. The largest absolute Gasteiger partial charge is 0.472 e. The Morgan fingerprint density at radius 1 is 1.35 bits per heavy atom. The summed E-state index contributed by atoms with van der Waals surface area (Å²) in [6, 6.07) is 7.52. The van der Waals surface area contributed by atoms with Crippen LogP contribution in [-0.4, -0.2) is 38.9 Å². The molecule has 0 saturated heterocycles. The number of nitrogens with one attached hydrogen (secondary N) is 1. The standard InChI is InChI=1S/C18H23N5O3/c1-4-7-16-20-14-8-5-6-9-15(14)23(16)13(3)17(24)19-10-11-25-18-12(2)21-26-22-18/h5-6,8-9,13H,4,7,10-11H2,1-3H3,(H,19,24)/t13-/m1/s1. The van der Waals surface area contributed by atoms with E-state index in [2.05, 4.69) is 32.2 Å². The van der Waals surface area contributed by atoms with Crippen molar-refractivity contribution < 1.29 is 14.2 Å². The number of amides is 1. The lowest BCUT2D eigenvalue weighted by molar-refractivity contribution is -0.123. The molecule has 0 aliphatic carbocycles. The number of aromatic nitrogens is 4. The minimum absolute atomic E-state index is 0.0795. The van der Waals surface area contributed by atoms with Gasteiger partial charge in [-0.05, 0) is 37.6 Å². The lowest BCUT2D eigenvalue weighted by atomic mass is 10.2. The molecule has 0 unspecified atom stereocenters. The van der Waals surface area contributed by atoms with Crippen molar-refractivity contribution >= 4 is 16.9 Å². The van der Waals surface area contributed by atoms with E-state index in [-0.39, 0.29) is 11.9 Å². The van der Waals surface area contributed by atoms with Gasteiger partial charge in [-0.15, -0.1) is 0 Å². The molecule has 0 aliphatic rings. The maximum absolute atomic E-state index is 12.6. The molecule has 0 bridgehead atoms. The van der Waals surface area contributed by atoms with E-state index in [0.717, 1.165) is 29.7 Å². The SMILES string of the molecule is CCCc1nc2ccccc2n1[C@H](C)C(=O)NCCOc1nonc1C. The number of nitrogens with zero attached hydrogens (tertiary/aromatic N) is 4. The van der Waals surface area contributed by atoms with E-state index in [1.807, 2.05) is 35.8 Å². The van der Waals surface area contributed by atoms with Crippen LogP contribution in [0.15, 0.2) is 28.9 Å². The monoisotopic (exact) mass is 357 g/mol. The molecule has 1 amide bonds. The molecule has 0 spiro atoms. The van der Waals surface area contributed by atoms with Gasteiger partial charge in [-0.25, -0.2) is 9.61 Å². The van der Waals surface area contributed by atoms with E-state index >= 15 is 0 Å². The van der Waals surface area contributed by atoms with Gasteiger partial charge in [0.25, 0.3) is 5.88 Å². The second kappa shape index (κ2) is 7.99. The molecule has 0 saturated carbocycles. The number of carbonyl (C=O) groups is 1. The summed E-state index contributed by atoms with van der Waals surface area (Å²) in [6.07, 6.45) is 1.80. The van der Waals surface area contributed by atoms with Gasteiger partial charge < -0.3 is 14.6 Å². The fraction of sp³-hybridized carbons (Fsp3) is 0.444. The number of ether oxygens (including phenoxy) is 1. The molecule has 2 heterocycles. The van der Waals surface area contributed by atoms with Crippen LogP contribution in [0.2, 0.25) is 0 Å². The predicted molar refractivity (Wildman–Crippen MR) is 96.0 cm³/mol. The number of benzene rings is 1. The summed E-state index contributed by atoms with van der Waals surface area (Å²) in [7, 11) is 0. The van der Waals surface area contributed by atoms with Crippen LogP contribution in [0.25, 0.3) is 11.0 Å². The number of hydrogen-bond donors (Lipinski definition) is 1. The smallest absolute Gasteiger partial charge is 0.278 e. The molecule has 26 heavy (non-hydrogen) atoms. The highest BCUT2D eigenvalue weighted by atomic mass is 16.6. The molecule has 1 aromatic carbocycles. The lowest BCUT2D eigenvalue weighted by Gasteiger charge is -2.17. The van der Waals surface area contributed by atoms with Crippen LogP contribution in [0.1, 0.15) is 37.8 Å². The van der Waals surface area contributed by atoms with Gasteiger partial charge in [0.05, 0.1) is 17.6 Å². The van der Waals surface area contributed by atoms with E-state index in [1.54, 1.807) is 6.92 Å². The zero-order valence-electron chi connectivity index (χ0n) is 15.2. The Balaban J connectivity index is 1.65. The first-order valence-corrected chi connectivity index (χ1v) is 8.77. The molecule has 1 N–H and O–H groups in total. The zero-order valence-corrected chi connectivity index (χ0v) is 15.2. The molecule has 138 valence electrons. The van der Waals surface area contributed by atoms with Gasteiger partial charge >= 0.3 is 0 Å². The third-order valence-corrected chi connectivity index (χ3v) is 4.16. The van der Waals surface area contributed by atoms with E-state index in [9.17, 15) is 4.79 Å². The molecule has 8 heteroatoms. The number of rotatable bonds is 8. The highest BCUT2D eigenvalue weighted by molar-refractivity contribution is 5.84. The Hall–Kier alpha value is -2.90. The van der Waals surface area contributed by atoms with Crippen molar-refractivity contribution in [2.45, 2.75) is 39.7 Å². The van der Waals surface area contributed by atoms with Crippen LogP contribution in [0.4, 0.5) is 0 Å². The number of fused-ring (bicyclic) bond motifs is 1. The van der Waals surface area contributed by atoms with Crippen LogP contribution in [-0.2, 0) is 11.2 Å². The Morgan fingerprint density at radius 3 is 2.88 bits per heavy atom. The molecule has 3 rings (SSSR count). The van der Waals surface area contributed by atoms with Crippen molar-refractivity contribution in [1.82, 2.24) is 25.2 Å². The van der Waals surface area contributed by atoms with Gasteiger partial charge in [-0.1, -0.05) is 24.2 Å². The minimum atomic E-state index is -0.362. The Bertz CT molecular complexity index is 886. The van der Waals surface area contributed by atoms with E-state index in [0.29, 0.717) is 24.7 Å². The summed E-state index contributed by atoms with van der Waals surface area (Å²) >= 11 is 0. The van der Waals surface area contributed by atoms with Crippen molar-refractivity contribution in [2.24, 2.45) is 0 Å². The summed E-state index contributed by atoms with van der Waals surface area (Å²) in [4.78, 5) is 17.3. The number of para-hydroxylation sites is 2. The highest BCUT2D eigenvalue weighted by Gasteiger charge is 2.20. The van der Waals surface area contributed by atoms with Gasteiger partial charge in [0, 0.05) is 6.42 Å². The van der Waals surface area contributed by atoms with Crippen molar-refractivity contribution in [3.8, 4) is 5.88 Å². The highest BCUT2D eigenvalue weighted by Crippen LogP contribution is 2.22. The van der Waals surface area contributed by atoms with E-state index in [1.165, 1.54) is 0 Å². The third-order valence-electron chi connectivity index (χ3n) is 4.16. The van der Waals surface area contributed by atoms with Gasteiger partial charge in [-0.2, -0.15) is 0 Å². The van der Waals surface area contributed by atoms with Gasteiger partial charge in [0.15, 0.2) is 0 Å². The molecular weight excluding hydrogens is 334 g/mol. The molecule has 2 aromatic heterocycles. The number of imidazole rings is 1. The molecule has 0 radical (unpaired) electrons. The second-order valence-corrected chi connectivity index (χ2v) is 6.11. The van der Waals surface area contributed by atoms with E-state index in [4.69, 9.17) is 4.74 Å². The molecule has 0 aliphatic heterocycles. The van der Waals surface area contributed by atoms with E-state index < -0.39 is 0 Å². The fourth-order valence-electron chi connectivity index (χ4n) is 2.87. The topological polar surface area (TPSA) is 95.1 Å². The molecule has 8 nitrogen and oxygen atoms in total.